The zero-order chi connectivity index (χ0) is 21.7. The van der Waals surface area contributed by atoms with Gasteiger partial charge in [0.1, 0.15) is 15.8 Å². The molecule has 10 heteroatoms. The van der Waals surface area contributed by atoms with Gasteiger partial charge in [0, 0.05) is 19.3 Å². The van der Waals surface area contributed by atoms with Crippen LogP contribution in [0.3, 0.4) is 0 Å². The second-order valence-corrected chi connectivity index (χ2v) is 8.34. The van der Waals surface area contributed by atoms with Gasteiger partial charge in [-0.2, -0.15) is 0 Å². The highest BCUT2D eigenvalue weighted by atomic mass is 32.2. The number of rotatable bonds is 9. The van der Waals surface area contributed by atoms with Crippen molar-refractivity contribution in [2.24, 2.45) is 0 Å². The van der Waals surface area contributed by atoms with Crippen LogP contribution in [0.15, 0.2) is 28.0 Å². The average Bonchev–Trinajstić information content (AvgIpc) is 2.99. The lowest BCUT2D eigenvalue weighted by Gasteiger charge is -2.13. The molecule has 160 valence electrons. The third-order valence-corrected chi connectivity index (χ3v) is 5.83. The Morgan fingerprint density at radius 3 is 2.90 bits per heavy atom. The van der Waals surface area contributed by atoms with Crippen LogP contribution >= 0.6 is 24.0 Å². The molecule has 1 aliphatic heterocycles. The minimum absolute atomic E-state index is 0.0559. The third-order valence-electron chi connectivity index (χ3n) is 4.45. The molecule has 0 spiro atoms. The summed E-state index contributed by atoms with van der Waals surface area (Å²) in [7, 11) is 0. The van der Waals surface area contributed by atoms with Gasteiger partial charge in [-0.3, -0.25) is 18.9 Å². The molecule has 1 saturated heterocycles. The van der Waals surface area contributed by atoms with Gasteiger partial charge in [-0.1, -0.05) is 37.0 Å². The van der Waals surface area contributed by atoms with Crippen LogP contribution in [0.25, 0.3) is 11.7 Å². The van der Waals surface area contributed by atoms with Crippen LogP contribution in [0.5, 0.6) is 0 Å². The molecular formula is C20H24N4O4S2. The second kappa shape index (κ2) is 10.2. The van der Waals surface area contributed by atoms with Crippen LogP contribution < -0.4 is 10.9 Å². The molecule has 0 bridgehead atoms. The van der Waals surface area contributed by atoms with E-state index in [1.807, 2.05) is 19.9 Å². The van der Waals surface area contributed by atoms with Crippen molar-refractivity contribution in [3.8, 4) is 0 Å². The van der Waals surface area contributed by atoms with Crippen molar-refractivity contribution in [3.63, 3.8) is 0 Å². The lowest BCUT2D eigenvalue weighted by molar-refractivity contribution is -0.122. The molecule has 0 saturated carbocycles. The molecule has 0 atom stereocenters. The molecule has 0 unspecified atom stereocenters. The number of thioether (sulfide) groups is 1. The largest absolute Gasteiger partial charge is 0.394 e. The van der Waals surface area contributed by atoms with E-state index < -0.39 is 0 Å². The lowest BCUT2D eigenvalue weighted by Crippen LogP contribution is -2.28. The first-order valence-electron chi connectivity index (χ1n) is 9.67. The molecule has 3 heterocycles. The number of hydrogen-bond acceptors (Lipinski definition) is 8. The van der Waals surface area contributed by atoms with Gasteiger partial charge in [0.05, 0.1) is 30.3 Å². The molecule has 2 aromatic rings. The fraction of sp³-hybridized carbons (Fsp3) is 0.400. The van der Waals surface area contributed by atoms with Crippen molar-refractivity contribution in [1.82, 2.24) is 14.3 Å². The summed E-state index contributed by atoms with van der Waals surface area (Å²) in [5.41, 5.74) is 1.41. The van der Waals surface area contributed by atoms with Crippen LogP contribution in [0, 0.1) is 6.92 Å². The van der Waals surface area contributed by atoms with Gasteiger partial charge >= 0.3 is 0 Å². The molecule has 8 nitrogen and oxygen atoms in total. The summed E-state index contributed by atoms with van der Waals surface area (Å²) < 4.78 is 7.23. The zero-order valence-corrected chi connectivity index (χ0v) is 18.5. The number of anilines is 1. The van der Waals surface area contributed by atoms with Crippen molar-refractivity contribution in [3.05, 3.63) is 44.7 Å². The van der Waals surface area contributed by atoms with Crippen LogP contribution in [-0.4, -0.2) is 62.5 Å². The fourth-order valence-corrected chi connectivity index (χ4v) is 4.32. The number of nitrogens with zero attached hydrogens (tertiary/aromatic N) is 3. The number of aliphatic hydroxyl groups is 1. The number of ether oxygens (including phenoxy) is 1. The first kappa shape index (κ1) is 22.4. The van der Waals surface area contributed by atoms with E-state index >= 15 is 0 Å². The van der Waals surface area contributed by atoms with Gasteiger partial charge in [0.25, 0.3) is 11.5 Å². The molecule has 2 N–H and O–H groups in total. The zero-order valence-electron chi connectivity index (χ0n) is 16.9. The van der Waals surface area contributed by atoms with Gasteiger partial charge in [-0.25, -0.2) is 4.98 Å². The summed E-state index contributed by atoms with van der Waals surface area (Å²) in [6.07, 6.45) is 4.02. The average molecular weight is 449 g/mol. The van der Waals surface area contributed by atoms with Crippen molar-refractivity contribution in [1.29, 1.82) is 0 Å². The van der Waals surface area contributed by atoms with Gasteiger partial charge < -0.3 is 15.2 Å². The predicted octanol–water partition coefficient (Wildman–Crippen LogP) is 2.03. The van der Waals surface area contributed by atoms with E-state index in [1.54, 1.807) is 23.2 Å². The van der Waals surface area contributed by atoms with Crippen molar-refractivity contribution >= 4 is 51.7 Å². The minimum atomic E-state index is -0.275. The summed E-state index contributed by atoms with van der Waals surface area (Å²) in [6, 6.07) is 3.66. The second-order valence-electron chi connectivity index (χ2n) is 6.66. The van der Waals surface area contributed by atoms with Crippen molar-refractivity contribution < 1.29 is 14.6 Å². The molecule has 0 aromatic carbocycles. The van der Waals surface area contributed by atoms with Crippen molar-refractivity contribution in [2.75, 3.05) is 38.2 Å². The number of fused-ring (bicyclic) bond motifs is 1. The van der Waals surface area contributed by atoms with Gasteiger partial charge in [-0.05, 0) is 31.1 Å². The molecule has 1 aliphatic rings. The van der Waals surface area contributed by atoms with E-state index in [4.69, 9.17) is 22.1 Å². The van der Waals surface area contributed by atoms with Crippen LogP contribution in [0.1, 0.15) is 24.5 Å². The minimum Gasteiger partial charge on any atom is -0.394 e. The molecule has 3 rings (SSSR count). The highest BCUT2D eigenvalue weighted by Gasteiger charge is 2.32. The Bertz CT molecular complexity index is 1050. The standard InChI is InChI=1S/C20H24N4O4S2/c1-3-7-24-19(27)15(30-20(24)29)12-14-16(21-6-10-28-11-9-25)22-17-13(2)5-4-8-23(17)18(14)26/h4-5,8,12,21,25H,3,6-7,9-11H2,1-2H3. The summed E-state index contributed by atoms with van der Waals surface area (Å²) in [4.78, 5) is 32.6. The Hall–Kier alpha value is -2.27. The molecule has 1 fully saturated rings. The van der Waals surface area contributed by atoms with Gasteiger partial charge in [0.15, 0.2) is 0 Å². The Morgan fingerprint density at radius 2 is 2.17 bits per heavy atom. The van der Waals surface area contributed by atoms with Crippen molar-refractivity contribution in [2.45, 2.75) is 20.3 Å². The molecule has 0 aliphatic carbocycles. The number of carbonyl (C=O) groups excluding carboxylic acids is 1. The van der Waals surface area contributed by atoms with E-state index in [-0.39, 0.29) is 30.2 Å². The van der Waals surface area contributed by atoms with Gasteiger partial charge in [0.2, 0.25) is 0 Å². The highest BCUT2D eigenvalue weighted by molar-refractivity contribution is 8.26. The Labute approximate surface area is 183 Å². The van der Waals surface area contributed by atoms with Gasteiger partial charge in [-0.15, -0.1) is 0 Å². The first-order valence-corrected chi connectivity index (χ1v) is 10.9. The number of pyridine rings is 1. The SMILES string of the molecule is CCCN1C(=O)C(=Cc2c(NCCOCCO)nc3c(C)cccn3c2=O)SC1=S. The molecule has 1 amide bonds. The number of aliphatic hydroxyl groups excluding tert-OH is 1. The topological polar surface area (TPSA) is 96.2 Å². The summed E-state index contributed by atoms with van der Waals surface area (Å²) >= 11 is 6.51. The maximum atomic E-state index is 13.2. The van der Waals surface area contributed by atoms with E-state index in [9.17, 15) is 9.59 Å². The number of aromatic nitrogens is 2. The normalized spacial score (nSPS) is 15.6. The third kappa shape index (κ3) is 4.72. The maximum absolute atomic E-state index is 13.2. The number of carbonyl (C=O) groups is 1. The number of amides is 1. The van der Waals surface area contributed by atoms with E-state index in [0.29, 0.717) is 40.4 Å². The summed E-state index contributed by atoms with van der Waals surface area (Å²) in [5.74, 6) is 0.181. The monoisotopic (exact) mass is 448 g/mol. The van der Waals surface area contributed by atoms with Crippen LogP contribution in [-0.2, 0) is 9.53 Å². The number of hydrogen-bond donors (Lipinski definition) is 2. The van der Waals surface area contributed by atoms with E-state index in [1.165, 1.54) is 16.2 Å². The van der Waals surface area contributed by atoms with Crippen LogP contribution in [0.4, 0.5) is 5.82 Å². The molecule has 2 aromatic heterocycles. The summed E-state index contributed by atoms with van der Waals surface area (Å²) in [6.45, 7) is 5.32. The highest BCUT2D eigenvalue weighted by Crippen LogP contribution is 2.33. The van der Waals surface area contributed by atoms with E-state index in [0.717, 1.165) is 12.0 Å². The molecular weight excluding hydrogens is 424 g/mol. The predicted molar refractivity (Wildman–Crippen MR) is 123 cm³/mol. The summed E-state index contributed by atoms with van der Waals surface area (Å²) in [5, 5.41) is 11.9. The fourth-order valence-electron chi connectivity index (χ4n) is 3.03. The molecule has 30 heavy (non-hydrogen) atoms. The van der Waals surface area contributed by atoms with Crippen LogP contribution in [0.2, 0.25) is 0 Å². The number of aryl methyl sites for hydroxylation is 1. The van der Waals surface area contributed by atoms with E-state index in [2.05, 4.69) is 10.3 Å². The Balaban J connectivity index is 2.02. The Kier molecular flexibility index (Phi) is 7.59. The Morgan fingerprint density at radius 1 is 1.37 bits per heavy atom. The quantitative estimate of drug-likeness (QED) is 0.342. The maximum Gasteiger partial charge on any atom is 0.267 e. The number of nitrogens with one attached hydrogen (secondary N) is 1. The smallest absolute Gasteiger partial charge is 0.267 e. The first-order chi connectivity index (χ1) is 14.5. The molecule has 0 radical (unpaired) electrons. The lowest BCUT2D eigenvalue weighted by atomic mass is 10.2. The number of thiocarbonyl (C=S) groups is 1.